The lowest BCUT2D eigenvalue weighted by Crippen LogP contribution is -2.31. The number of hydrogen-bond donors (Lipinski definition) is 1. The van der Waals surface area contributed by atoms with Crippen molar-refractivity contribution in [1.29, 1.82) is 0 Å². The zero-order valence-electron chi connectivity index (χ0n) is 9.23. The van der Waals surface area contributed by atoms with Gasteiger partial charge >= 0.3 is 0 Å². The Morgan fingerprint density at radius 1 is 1.13 bits per heavy atom. The molecule has 1 unspecified atom stereocenters. The summed E-state index contributed by atoms with van der Waals surface area (Å²) in [6, 6.07) is 10.8. The van der Waals surface area contributed by atoms with Crippen molar-refractivity contribution in [2.75, 3.05) is 13.1 Å². The van der Waals surface area contributed by atoms with Crippen molar-refractivity contribution >= 4 is 0 Å². The number of nitrogens with zero attached hydrogens (tertiary/aromatic N) is 1. The Morgan fingerprint density at radius 2 is 1.93 bits per heavy atom. The molecule has 0 aliphatic carbocycles. The average molecular weight is 204 g/mol. The first-order valence-corrected chi connectivity index (χ1v) is 5.88. The van der Waals surface area contributed by atoms with Crippen molar-refractivity contribution in [1.82, 2.24) is 5.01 Å². The van der Waals surface area contributed by atoms with E-state index in [1.807, 2.05) is 5.01 Å². The first-order valence-electron chi connectivity index (χ1n) is 5.88. The van der Waals surface area contributed by atoms with Crippen LogP contribution in [-0.4, -0.2) is 18.1 Å². The molecule has 82 valence electrons. The van der Waals surface area contributed by atoms with Crippen molar-refractivity contribution in [3.8, 4) is 0 Å². The SMILES string of the molecule is NN1CCCC(Cc2ccccc2)CC1. The van der Waals surface area contributed by atoms with Gasteiger partial charge in [-0.1, -0.05) is 30.3 Å². The maximum atomic E-state index is 5.82. The lowest BCUT2D eigenvalue weighted by Gasteiger charge is -2.14. The maximum absolute atomic E-state index is 5.82. The molecule has 0 bridgehead atoms. The molecule has 1 saturated heterocycles. The monoisotopic (exact) mass is 204 g/mol. The highest BCUT2D eigenvalue weighted by Gasteiger charge is 2.15. The summed E-state index contributed by atoms with van der Waals surface area (Å²) in [5.41, 5.74) is 1.47. The van der Waals surface area contributed by atoms with Gasteiger partial charge in [0.15, 0.2) is 0 Å². The molecule has 1 fully saturated rings. The highest BCUT2D eigenvalue weighted by atomic mass is 15.4. The van der Waals surface area contributed by atoms with Crippen molar-refractivity contribution in [3.63, 3.8) is 0 Å². The van der Waals surface area contributed by atoms with Gasteiger partial charge in [-0.15, -0.1) is 0 Å². The zero-order chi connectivity index (χ0) is 10.5. The molecule has 0 aromatic heterocycles. The second kappa shape index (κ2) is 5.29. The fraction of sp³-hybridized carbons (Fsp3) is 0.538. The van der Waals surface area contributed by atoms with Crippen LogP contribution in [0.3, 0.4) is 0 Å². The van der Waals surface area contributed by atoms with E-state index in [0.717, 1.165) is 19.0 Å². The van der Waals surface area contributed by atoms with E-state index in [-0.39, 0.29) is 0 Å². The first-order chi connectivity index (χ1) is 7.34. The van der Waals surface area contributed by atoms with Crippen LogP contribution in [0.15, 0.2) is 30.3 Å². The Labute approximate surface area is 92.1 Å². The molecule has 15 heavy (non-hydrogen) atoms. The van der Waals surface area contributed by atoms with Gasteiger partial charge in [-0.2, -0.15) is 0 Å². The third kappa shape index (κ3) is 3.33. The van der Waals surface area contributed by atoms with E-state index >= 15 is 0 Å². The fourth-order valence-corrected chi connectivity index (χ4v) is 2.34. The normalized spacial score (nSPS) is 23.7. The number of hydrogen-bond acceptors (Lipinski definition) is 2. The third-order valence-corrected chi connectivity index (χ3v) is 3.25. The van der Waals surface area contributed by atoms with Gasteiger partial charge < -0.3 is 0 Å². The standard InChI is InChI=1S/C13H20N2/c14-15-9-4-7-13(8-10-15)11-12-5-2-1-3-6-12/h1-3,5-6,13H,4,7-11,14H2. The molecule has 2 N–H and O–H groups in total. The summed E-state index contributed by atoms with van der Waals surface area (Å²) in [5, 5.41) is 1.96. The molecular formula is C13H20N2. The molecule has 0 amide bonds. The van der Waals surface area contributed by atoms with Crippen molar-refractivity contribution in [3.05, 3.63) is 35.9 Å². The van der Waals surface area contributed by atoms with Gasteiger partial charge in [-0.25, -0.2) is 5.01 Å². The zero-order valence-corrected chi connectivity index (χ0v) is 9.23. The number of rotatable bonds is 2. The van der Waals surface area contributed by atoms with Crippen LogP contribution in [-0.2, 0) is 6.42 Å². The molecule has 1 aliphatic rings. The number of nitrogens with two attached hydrogens (primary N) is 1. The van der Waals surface area contributed by atoms with Crippen LogP contribution in [0.25, 0.3) is 0 Å². The molecule has 1 heterocycles. The minimum atomic E-state index is 0.820. The summed E-state index contributed by atoms with van der Waals surface area (Å²) >= 11 is 0. The predicted molar refractivity (Wildman–Crippen MR) is 63.2 cm³/mol. The third-order valence-electron chi connectivity index (χ3n) is 3.25. The lowest BCUT2D eigenvalue weighted by atomic mass is 9.93. The van der Waals surface area contributed by atoms with Crippen LogP contribution in [0.5, 0.6) is 0 Å². The molecular weight excluding hydrogens is 184 g/mol. The minimum Gasteiger partial charge on any atom is -0.269 e. The Morgan fingerprint density at radius 3 is 2.73 bits per heavy atom. The Balaban J connectivity index is 1.89. The van der Waals surface area contributed by atoms with E-state index in [9.17, 15) is 0 Å². The van der Waals surface area contributed by atoms with Gasteiger partial charge in [0.05, 0.1) is 0 Å². The summed E-state index contributed by atoms with van der Waals surface area (Å²) in [7, 11) is 0. The average Bonchev–Trinajstić information content (AvgIpc) is 2.46. The topological polar surface area (TPSA) is 29.3 Å². The Hall–Kier alpha value is -0.860. The van der Waals surface area contributed by atoms with Crippen molar-refractivity contribution in [2.24, 2.45) is 11.8 Å². The van der Waals surface area contributed by atoms with Crippen LogP contribution in [0.2, 0.25) is 0 Å². The van der Waals surface area contributed by atoms with Gasteiger partial charge in [-0.05, 0) is 37.2 Å². The molecule has 0 radical (unpaired) electrons. The molecule has 1 aliphatic heterocycles. The van der Waals surface area contributed by atoms with E-state index in [0.29, 0.717) is 0 Å². The molecule has 1 aromatic rings. The summed E-state index contributed by atoms with van der Waals surface area (Å²) in [4.78, 5) is 0. The second-order valence-corrected chi connectivity index (χ2v) is 4.52. The highest BCUT2D eigenvalue weighted by molar-refractivity contribution is 5.15. The van der Waals surface area contributed by atoms with Crippen LogP contribution in [0.4, 0.5) is 0 Å². The molecule has 0 spiro atoms. The lowest BCUT2D eigenvalue weighted by molar-refractivity contribution is 0.290. The van der Waals surface area contributed by atoms with Crippen molar-refractivity contribution < 1.29 is 0 Å². The van der Waals surface area contributed by atoms with Crippen LogP contribution in [0, 0.1) is 5.92 Å². The van der Waals surface area contributed by atoms with E-state index in [4.69, 9.17) is 5.84 Å². The fourth-order valence-electron chi connectivity index (χ4n) is 2.34. The van der Waals surface area contributed by atoms with E-state index in [2.05, 4.69) is 30.3 Å². The quantitative estimate of drug-likeness (QED) is 0.748. The Kier molecular flexibility index (Phi) is 3.75. The van der Waals surface area contributed by atoms with E-state index in [1.165, 1.54) is 31.2 Å². The van der Waals surface area contributed by atoms with Gasteiger partial charge in [0.25, 0.3) is 0 Å². The molecule has 1 aromatic carbocycles. The number of hydrazine groups is 1. The summed E-state index contributed by atoms with van der Waals surface area (Å²) < 4.78 is 0. The van der Waals surface area contributed by atoms with Gasteiger partial charge in [0.2, 0.25) is 0 Å². The second-order valence-electron chi connectivity index (χ2n) is 4.52. The highest BCUT2D eigenvalue weighted by Crippen LogP contribution is 2.20. The molecule has 2 rings (SSSR count). The smallest absolute Gasteiger partial charge is 0.0131 e. The van der Waals surface area contributed by atoms with Crippen LogP contribution >= 0.6 is 0 Å². The number of benzene rings is 1. The van der Waals surface area contributed by atoms with E-state index < -0.39 is 0 Å². The molecule has 2 nitrogen and oxygen atoms in total. The van der Waals surface area contributed by atoms with Gasteiger partial charge in [-0.3, -0.25) is 5.84 Å². The van der Waals surface area contributed by atoms with E-state index in [1.54, 1.807) is 0 Å². The largest absolute Gasteiger partial charge is 0.269 e. The molecule has 1 atom stereocenters. The molecule has 2 heteroatoms. The molecule has 0 saturated carbocycles. The first kappa shape index (κ1) is 10.7. The van der Waals surface area contributed by atoms with Crippen LogP contribution < -0.4 is 5.84 Å². The van der Waals surface area contributed by atoms with Gasteiger partial charge in [0, 0.05) is 13.1 Å². The summed E-state index contributed by atoms with van der Waals surface area (Å²) in [6.45, 7) is 2.11. The van der Waals surface area contributed by atoms with Crippen LogP contribution in [0.1, 0.15) is 24.8 Å². The summed E-state index contributed by atoms with van der Waals surface area (Å²) in [6.07, 6.45) is 5.02. The van der Waals surface area contributed by atoms with Gasteiger partial charge in [0.1, 0.15) is 0 Å². The minimum absolute atomic E-state index is 0.820. The maximum Gasteiger partial charge on any atom is 0.0131 e. The van der Waals surface area contributed by atoms with Crippen molar-refractivity contribution in [2.45, 2.75) is 25.7 Å². The Bertz CT molecular complexity index is 284. The predicted octanol–water partition coefficient (Wildman–Crippen LogP) is 2.20. The summed E-state index contributed by atoms with van der Waals surface area (Å²) in [5.74, 6) is 6.64.